The molecule has 1 aliphatic rings. The van der Waals surface area contributed by atoms with Crippen molar-refractivity contribution in [3.8, 4) is 6.07 Å². The average molecular weight is 187 g/mol. The van der Waals surface area contributed by atoms with E-state index in [2.05, 4.69) is 16.4 Å². The molecular weight excluding hydrogens is 174 g/mol. The zero-order valence-corrected chi connectivity index (χ0v) is 8.25. The normalized spacial score (nSPS) is 14.9. The van der Waals surface area contributed by atoms with Crippen LogP contribution in [0.15, 0.2) is 12.1 Å². The van der Waals surface area contributed by atoms with Crippen molar-refractivity contribution in [1.82, 2.24) is 4.98 Å². The molecule has 2 rings (SSSR count). The predicted molar refractivity (Wildman–Crippen MR) is 55.1 cm³/mol. The lowest BCUT2D eigenvalue weighted by molar-refractivity contribution is 1.01. The zero-order valence-electron chi connectivity index (χ0n) is 8.25. The maximum absolute atomic E-state index is 8.86. The first-order valence-electron chi connectivity index (χ1n) is 5.00. The Morgan fingerprint density at radius 3 is 2.93 bits per heavy atom. The van der Waals surface area contributed by atoms with E-state index in [9.17, 15) is 0 Å². The number of rotatable bonds is 3. The van der Waals surface area contributed by atoms with E-state index in [1.807, 2.05) is 19.1 Å². The Hall–Kier alpha value is -1.56. The van der Waals surface area contributed by atoms with Gasteiger partial charge in [-0.05, 0) is 31.9 Å². The lowest BCUT2D eigenvalue weighted by Crippen LogP contribution is -2.03. The summed E-state index contributed by atoms with van der Waals surface area (Å²) in [4.78, 5) is 4.46. The van der Waals surface area contributed by atoms with E-state index in [-0.39, 0.29) is 0 Å². The van der Waals surface area contributed by atoms with Crippen LogP contribution in [0.1, 0.15) is 36.9 Å². The first-order valence-corrected chi connectivity index (χ1v) is 5.00. The third-order valence-corrected chi connectivity index (χ3v) is 2.38. The first kappa shape index (κ1) is 9.01. The van der Waals surface area contributed by atoms with Crippen LogP contribution in [0.3, 0.4) is 0 Å². The van der Waals surface area contributed by atoms with Crippen molar-refractivity contribution in [1.29, 1.82) is 5.26 Å². The van der Waals surface area contributed by atoms with Crippen LogP contribution in [-0.4, -0.2) is 11.5 Å². The summed E-state index contributed by atoms with van der Waals surface area (Å²) in [5, 5.41) is 12.0. The summed E-state index contributed by atoms with van der Waals surface area (Å²) in [6.07, 6.45) is 2.48. The van der Waals surface area contributed by atoms with Gasteiger partial charge in [-0.15, -0.1) is 0 Å². The maximum Gasteiger partial charge on any atom is 0.144 e. The highest BCUT2D eigenvalue weighted by Crippen LogP contribution is 2.39. The van der Waals surface area contributed by atoms with Crippen molar-refractivity contribution in [2.75, 3.05) is 11.9 Å². The minimum atomic E-state index is 0.635. The van der Waals surface area contributed by atoms with Crippen LogP contribution in [0.2, 0.25) is 0 Å². The van der Waals surface area contributed by atoms with Crippen LogP contribution in [0.4, 0.5) is 5.82 Å². The van der Waals surface area contributed by atoms with Crippen LogP contribution < -0.4 is 5.32 Å². The number of pyridine rings is 1. The molecule has 1 saturated carbocycles. The number of nitrogens with zero attached hydrogens (tertiary/aromatic N) is 2. The highest BCUT2D eigenvalue weighted by molar-refractivity contribution is 5.52. The second kappa shape index (κ2) is 3.67. The minimum Gasteiger partial charge on any atom is -0.369 e. The number of nitrogens with one attached hydrogen (secondary N) is 1. The average Bonchev–Trinajstić information content (AvgIpc) is 3.01. The Labute approximate surface area is 83.8 Å². The Bertz CT molecular complexity index is 375. The van der Waals surface area contributed by atoms with Gasteiger partial charge in [0.2, 0.25) is 0 Å². The number of anilines is 1. The highest BCUT2D eigenvalue weighted by Gasteiger charge is 2.25. The Morgan fingerprint density at radius 2 is 2.36 bits per heavy atom. The zero-order chi connectivity index (χ0) is 9.97. The molecule has 1 aromatic rings. The summed E-state index contributed by atoms with van der Waals surface area (Å²) >= 11 is 0. The highest BCUT2D eigenvalue weighted by atomic mass is 15.0. The van der Waals surface area contributed by atoms with Crippen molar-refractivity contribution >= 4 is 5.82 Å². The van der Waals surface area contributed by atoms with Gasteiger partial charge in [0.25, 0.3) is 0 Å². The molecule has 1 aromatic heterocycles. The van der Waals surface area contributed by atoms with E-state index in [0.29, 0.717) is 11.5 Å². The molecule has 0 saturated heterocycles. The molecule has 0 unspecified atom stereocenters. The maximum atomic E-state index is 8.86. The molecule has 3 heteroatoms. The number of hydrogen-bond acceptors (Lipinski definition) is 3. The van der Waals surface area contributed by atoms with Gasteiger partial charge in [-0.25, -0.2) is 4.98 Å². The van der Waals surface area contributed by atoms with Crippen LogP contribution in [0, 0.1) is 11.3 Å². The van der Waals surface area contributed by atoms with Crippen LogP contribution >= 0.6 is 0 Å². The minimum absolute atomic E-state index is 0.635. The Kier molecular flexibility index (Phi) is 2.36. The number of aromatic nitrogens is 1. The lowest BCUT2D eigenvalue weighted by atomic mass is 10.2. The van der Waals surface area contributed by atoms with Gasteiger partial charge in [-0.2, -0.15) is 5.26 Å². The van der Waals surface area contributed by atoms with Crippen LogP contribution in [-0.2, 0) is 0 Å². The molecule has 1 N–H and O–H groups in total. The summed E-state index contributed by atoms with van der Waals surface area (Å²) in [6, 6.07) is 5.97. The topological polar surface area (TPSA) is 48.7 Å². The van der Waals surface area contributed by atoms with E-state index in [1.165, 1.54) is 12.8 Å². The molecule has 0 bridgehead atoms. The van der Waals surface area contributed by atoms with Gasteiger partial charge in [0.1, 0.15) is 11.9 Å². The summed E-state index contributed by atoms with van der Waals surface area (Å²) in [5.41, 5.74) is 1.76. The Balaban J connectivity index is 2.31. The molecular formula is C11H13N3. The summed E-state index contributed by atoms with van der Waals surface area (Å²) in [7, 11) is 0. The van der Waals surface area contributed by atoms with Gasteiger partial charge in [-0.1, -0.05) is 0 Å². The molecule has 1 heterocycles. The van der Waals surface area contributed by atoms with Crippen molar-refractivity contribution in [3.63, 3.8) is 0 Å². The molecule has 3 nitrogen and oxygen atoms in total. The fraction of sp³-hybridized carbons (Fsp3) is 0.455. The first-order chi connectivity index (χ1) is 6.85. The number of hydrogen-bond donors (Lipinski definition) is 1. The van der Waals surface area contributed by atoms with E-state index >= 15 is 0 Å². The molecule has 72 valence electrons. The van der Waals surface area contributed by atoms with Crippen molar-refractivity contribution in [3.05, 3.63) is 23.4 Å². The molecule has 0 aromatic carbocycles. The van der Waals surface area contributed by atoms with Crippen molar-refractivity contribution < 1.29 is 0 Å². The second-order valence-corrected chi connectivity index (χ2v) is 3.55. The monoisotopic (exact) mass is 187 g/mol. The van der Waals surface area contributed by atoms with Gasteiger partial charge in [0, 0.05) is 18.2 Å². The summed E-state index contributed by atoms with van der Waals surface area (Å²) in [6.45, 7) is 2.81. The van der Waals surface area contributed by atoms with Gasteiger partial charge in [0.05, 0.1) is 5.56 Å². The smallest absolute Gasteiger partial charge is 0.144 e. The van der Waals surface area contributed by atoms with Gasteiger partial charge < -0.3 is 5.32 Å². The third kappa shape index (κ3) is 1.69. The molecule has 0 radical (unpaired) electrons. The van der Waals surface area contributed by atoms with Crippen molar-refractivity contribution in [2.45, 2.75) is 25.7 Å². The van der Waals surface area contributed by atoms with Crippen LogP contribution in [0.5, 0.6) is 0 Å². The molecule has 14 heavy (non-hydrogen) atoms. The SMILES string of the molecule is CCNc1nc(C2CC2)ccc1C#N. The molecule has 1 fully saturated rings. The molecule has 1 aliphatic carbocycles. The van der Waals surface area contributed by atoms with Gasteiger partial charge in [-0.3, -0.25) is 0 Å². The fourth-order valence-corrected chi connectivity index (χ4v) is 1.47. The van der Waals surface area contributed by atoms with Crippen LogP contribution in [0.25, 0.3) is 0 Å². The Morgan fingerprint density at radius 1 is 1.57 bits per heavy atom. The largest absolute Gasteiger partial charge is 0.369 e. The van der Waals surface area contributed by atoms with Gasteiger partial charge in [0.15, 0.2) is 0 Å². The lowest BCUT2D eigenvalue weighted by Gasteiger charge is -2.06. The second-order valence-electron chi connectivity index (χ2n) is 3.55. The fourth-order valence-electron chi connectivity index (χ4n) is 1.47. The number of nitriles is 1. The van der Waals surface area contributed by atoms with Gasteiger partial charge >= 0.3 is 0 Å². The molecule has 0 aliphatic heterocycles. The third-order valence-electron chi connectivity index (χ3n) is 2.38. The molecule has 0 amide bonds. The van der Waals surface area contributed by atoms with Crippen molar-refractivity contribution in [2.24, 2.45) is 0 Å². The predicted octanol–water partition coefficient (Wildman–Crippen LogP) is 2.26. The summed E-state index contributed by atoms with van der Waals surface area (Å²) < 4.78 is 0. The van der Waals surface area contributed by atoms with E-state index in [1.54, 1.807) is 0 Å². The molecule has 0 spiro atoms. The van der Waals surface area contributed by atoms with E-state index < -0.39 is 0 Å². The summed E-state index contributed by atoms with van der Waals surface area (Å²) in [5.74, 6) is 1.37. The molecule has 0 atom stereocenters. The van der Waals surface area contributed by atoms with E-state index in [0.717, 1.165) is 18.1 Å². The van der Waals surface area contributed by atoms with E-state index in [4.69, 9.17) is 5.26 Å². The quantitative estimate of drug-likeness (QED) is 0.789. The standard InChI is InChI=1S/C11H13N3/c1-2-13-11-9(7-12)5-6-10(14-11)8-3-4-8/h5-6,8H,2-4H2,1H3,(H,13,14).